The second-order valence-electron chi connectivity index (χ2n) is 11.0. The summed E-state index contributed by atoms with van der Waals surface area (Å²) in [5, 5.41) is 7.61. The van der Waals surface area contributed by atoms with Crippen molar-refractivity contribution >= 4 is 54.4 Å². The first-order valence-corrected chi connectivity index (χ1v) is 14.5. The topological polar surface area (TPSA) is 9.86 Å². The van der Waals surface area contributed by atoms with Crippen molar-refractivity contribution in [3.05, 3.63) is 158 Å². The fraction of sp³-hybridized carbons (Fsp3) is 0. The first-order valence-electron chi connectivity index (χ1n) is 14.5. The van der Waals surface area contributed by atoms with Gasteiger partial charge in [-0.05, 0) is 64.4 Å². The van der Waals surface area contributed by atoms with Crippen molar-refractivity contribution in [3.63, 3.8) is 0 Å². The molecule has 2 heterocycles. The zero-order chi connectivity index (χ0) is 27.6. The normalized spacial score (nSPS) is 11.8. The SMILES string of the molecule is c1ccc(-n2c3ccccc3c3ccc4c(c5ccccc5n4-c4cccc(-c5cccc6ccccc56)c4)c32)cc1. The van der Waals surface area contributed by atoms with Gasteiger partial charge in [0.2, 0.25) is 0 Å². The van der Waals surface area contributed by atoms with Crippen molar-refractivity contribution in [1.82, 2.24) is 9.13 Å². The van der Waals surface area contributed by atoms with Gasteiger partial charge in [-0.3, -0.25) is 0 Å². The molecule has 0 unspecified atom stereocenters. The van der Waals surface area contributed by atoms with Gasteiger partial charge < -0.3 is 9.13 Å². The molecule has 0 spiro atoms. The fourth-order valence-electron chi connectivity index (χ4n) is 6.92. The van der Waals surface area contributed by atoms with Crippen molar-refractivity contribution < 1.29 is 0 Å². The molecule has 0 aliphatic carbocycles. The van der Waals surface area contributed by atoms with E-state index < -0.39 is 0 Å². The zero-order valence-corrected chi connectivity index (χ0v) is 22.9. The molecule has 196 valence electrons. The van der Waals surface area contributed by atoms with Crippen LogP contribution in [0.1, 0.15) is 0 Å². The third-order valence-corrected chi connectivity index (χ3v) is 8.69. The monoisotopic (exact) mass is 534 g/mol. The van der Waals surface area contributed by atoms with Crippen LogP contribution in [0.4, 0.5) is 0 Å². The lowest BCUT2D eigenvalue weighted by molar-refractivity contribution is 1.17. The van der Waals surface area contributed by atoms with Gasteiger partial charge in [0.05, 0.1) is 22.1 Å². The Labute approximate surface area is 243 Å². The molecule has 0 fully saturated rings. The second kappa shape index (κ2) is 8.95. The van der Waals surface area contributed by atoms with E-state index in [-0.39, 0.29) is 0 Å². The molecule has 42 heavy (non-hydrogen) atoms. The smallest absolute Gasteiger partial charge is 0.0641 e. The third-order valence-electron chi connectivity index (χ3n) is 8.69. The Balaban J connectivity index is 1.39. The van der Waals surface area contributed by atoms with Crippen LogP contribution in [-0.4, -0.2) is 9.13 Å². The van der Waals surface area contributed by atoms with Gasteiger partial charge >= 0.3 is 0 Å². The van der Waals surface area contributed by atoms with Gasteiger partial charge in [-0.25, -0.2) is 0 Å². The number of aromatic nitrogens is 2. The van der Waals surface area contributed by atoms with Gasteiger partial charge in [-0.15, -0.1) is 0 Å². The lowest BCUT2D eigenvalue weighted by atomic mass is 9.98. The highest BCUT2D eigenvalue weighted by atomic mass is 15.0. The summed E-state index contributed by atoms with van der Waals surface area (Å²) in [7, 11) is 0. The summed E-state index contributed by atoms with van der Waals surface area (Å²) in [5.41, 5.74) is 9.69. The molecule has 2 nitrogen and oxygen atoms in total. The number of rotatable bonds is 3. The largest absolute Gasteiger partial charge is 0.309 e. The lowest BCUT2D eigenvalue weighted by Gasteiger charge is -2.12. The summed E-state index contributed by atoms with van der Waals surface area (Å²) < 4.78 is 4.88. The van der Waals surface area contributed by atoms with E-state index in [1.807, 2.05) is 0 Å². The summed E-state index contributed by atoms with van der Waals surface area (Å²) in [6, 6.07) is 57.2. The number of hydrogen-bond acceptors (Lipinski definition) is 0. The highest BCUT2D eigenvalue weighted by molar-refractivity contribution is 6.26. The van der Waals surface area contributed by atoms with Gasteiger partial charge in [-0.1, -0.05) is 115 Å². The maximum atomic E-state index is 2.44. The predicted molar refractivity (Wildman–Crippen MR) is 178 cm³/mol. The molecule has 0 bridgehead atoms. The van der Waals surface area contributed by atoms with Gasteiger partial charge in [0, 0.05) is 32.9 Å². The van der Waals surface area contributed by atoms with Crippen LogP contribution in [-0.2, 0) is 0 Å². The average molecular weight is 535 g/mol. The first-order chi connectivity index (χ1) is 20.9. The van der Waals surface area contributed by atoms with Crippen molar-refractivity contribution in [2.75, 3.05) is 0 Å². The molecule has 2 heteroatoms. The molecule has 0 radical (unpaired) electrons. The van der Waals surface area contributed by atoms with E-state index in [9.17, 15) is 0 Å². The minimum atomic E-state index is 1.16. The van der Waals surface area contributed by atoms with Gasteiger partial charge in [0.1, 0.15) is 0 Å². The van der Waals surface area contributed by atoms with Crippen LogP contribution in [0.5, 0.6) is 0 Å². The maximum absolute atomic E-state index is 2.44. The van der Waals surface area contributed by atoms with E-state index in [0.717, 1.165) is 5.69 Å². The summed E-state index contributed by atoms with van der Waals surface area (Å²) in [4.78, 5) is 0. The van der Waals surface area contributed by atoms with E-state index in [1.54, 1.807) is 0 Å². The number of nitrogens with zero attached hydrogens (tertiary/aromatic N) is 2. The van der Waals surface area contributed by atoms with E-state index in [4.69, 9.17) is 0 Å². The van der Waals surface area contributed by atoms with Crippen molar-refractivity contribution in [2.45, 2.75) is 0 Å². The molecule has 0 aliphatic heterocycles. The number of benzene rings is 7. The zero-order valence-electron chi connectivity index (χ0n) is 22.9. The van der Waals surface area contributed by atoms with Gasteiger partial charge in [0.15, 0.2) is 0 Å². The van der Waals surface area contributed by atoms with Gasteiger partial charge in [-0.2, -0.15) is 0 Å². The molecule has 9 aromatic rings. The van der Waals surface area contributed by atoms with Crippen molar-refractivity contribution in [3.8, 4) is 22.5 Å². The Morgan fingerprint density at radius 2 is 1.00 bits per heavy atom. The molecule has 2 aromatic heterocycles. The Morgan fingerprint density at radius 3 is 1.86 bits per heavy atom. The standard InChI is InChI=1S/C40H26N2/c1-2-15-29(16-3-1)42-36-22-8-6-19-33(36)34-24-25-38-39(40(34)42)35-20-7-9-23-37(35)41(38)30-17-10-14-28(26-30)32-21-11-13-27-12-4-5-18-31(27)32/h1-26H. The molecule has 0 atom stereocenters. The highest BCUT2D eigenvalue weighted by Crippen LogP contribution is 2.42. The maximum Gasteiger partial charge on any atom is 0.0641 e. The minimum Gasteiger partial charge on any atom is -0.309 e. The third kappa shape index (κ3) is 3.27. The highest BCUT2D eigenvalue weighted by Gasteiger charge is 2.20. The van der Waals surface area contributed by atoms with Crippen LogP contribution in [0.15, 0.2) is 158 Å². The number of para-hydroxylation sites is 3. The molecular weight excluding hydrogens is 508 g/mol. The molecule has 0 saturated heterocycles. The van der Waals surface area contributed by atoms with Crippen LogP contribution in [0.25, 0.3) is 76.9 Å². The second-order valence-corrected chi connectivity index (χ2v) is 11.0. The quantitative estimate of drug-likeness (QED) is 0.213. The first kappa shape index (κ1) is 23.1. The van der Waals surface area contributed by atoms with Crippen LogP contribution >= 0.6 is 0 Å². The molecule has 9 rings (SSSR count). The van der Waals surface area contributed by atoms with E-state index in [2.05, 4.69) is 167 Å². The van der Waals surface area contributed by atoms with E-state index in [0.29, 0.717) is 0 Å². The molecular formula is C40H26N2. The van der Waals surface area contributed by atoms with Crippen LogP contribution in [0.2, 0.25) is 0 Å². The Bertz CT molecular complexity index is 2450. The molecule has 7 aromatic carbocycles. The Morgan fingerprint density at radius 1 is 0.357 bits per heavy atom. The molecule has 0 N–H and O–H groups in total. The van der Waals surface area contributed by atoms with Gasteiger partial charge in [0.25, 0.3) is 0 Å². The summed E-state index contributed by atoms with van der Waals surface area (Å²) in [5.74, 6) is 0. The van der Waals surface area contributed by atoms with E-state index in [1.165, 1.54) is 71.2 Å². The average Bonchev–Trinajstić information content (AvgIpc) is 3.58. The van der Waals surface area contributed by atoms with Crippen molar-refractivity contribution in [2.24, 2.45) is 0 Å². The Hall–Kier alpha value is -5.60. The summed E-state index contributed by atoms with van der Waals surface area (Å²) >= 11 is 0. The summed E-state index contributed by atoms with van der Waals surface area (Å²) in [6.07, 6.45) is 0. The minimum absolute atomic E-state index is 1.16. The number of hydrogen-bond donors (Lipinski definition) is 0. The van der Waals surface area contributed by atoms with Crippen LogP contribution in [0, 0.1) is 0 Å². The van der Waals surface area contributed by atoms with Crippen LogP contribution < -0.4 is 0 Å². The molecule has 0 saturated carbocycles. The Kier molecular flexibility index (Phi) is 4.93. The molecule has 0 amide bonds. The lowest BCUT2D eigenvalue weighted by Crippen LogP contribution is -1.95. The van der Waals surface area contributed by atoms with E-state index >= 15 is 0 Å². The predicted octanol–water partition coefficient (Wildman–Crippen LogP) is 10.7. The summed E-state index contributed by atoms with van der Waals surface area (Å²) in [6.45, 7) is 0. The molecule has 0 aliphatic rings. The van der Waals surface area contributed by atoms with Crippen molar-refractivity contribution in [1.29, 1.82) is 0 Å². The fourth-order valence-corrected chi connectivity index (χ4v) is 6.92. The number of fused-ring (bicyclic) bond motifs is 8. The van der Waals surface area contributed by atoms with Crippen LogP contribution in [0.3, 0.4) is 0 Å².